The lowest BCUT2D eigenvalue weighted by atomic mass is 9.53. The number of benzene rings is 1. The van der Waals surface area contributed by atoms with Crippen molar-refractivity contribution in [3.8, 4) is 0 Å². The maximum absolute atomic E-state index is 12.9. The number of nitrogens with zero attached hydrogens (tertiary/aromatic N) is 1. The Hall–Kier alpha value is -1.51. The number of piperidine rings is 1. The lowest BCUT2D eigenvalue weighted by Gasteiger charge is -2.56. The Balaban J connectivity index is 1.28. The first-order valence-electron chi connectivity index (χ1n) is 10.4. The van der Waals surface area contributed by atoms with Gasteiger partial charge in [0.15, 0.2) is 0 Å². The molecule has 0 atom stereocenters. The summed E-state index contributed by atoms with van der Waals surface area (Å²) in [4.78, 5) is 15.3. The minimum absolute atomic E-state index is 0.109. The lowest BCUT2D eigenvalue weighted by molar-refractivity contribution is -0.0167. The summed E-state index contributed by atoms with van der Waals surface area (Å²) in [7, 11) is 0. The second kappa shape index (κ2) is 6.03. The first kappa shape index (κ1) is 15.7. The molecule has 3 heteroatoms. The molecule has 0 radical (unpaired) electrons. The minimum atomic E-state index is 0.109. The highest BCUT2D eigenvalue weighted by atomic mass is 16.1. The van der Waals surface area contributed by atoms with Crippen LogP contribution < -0.4 is 10.2 Å². The van der Waals surface area contributed by atoms with Gasteiger partial charge in [-0.3, -0.25) is 4.79 Å². The van der Waals surface area contributed by atoms with Crippen LogP contribution in [0.5, 0.6) is 0 Å². The molecule has 134 valence electrons. The van der Waals surface area contributed by atoms with E-state index in [9.17, 15) is 4.79 Å². The zero-order valence-electron chi connectivity index (χ0n) is 15.2. The third-order valence-electron chi connectivity index (χ3n) is 7.27. The van der Waals surface area contributed by atoms with Crippen LogP contribution in [0.15, 0.2) is 24.3 Å². The van der Waals surface area contributed by atoms with Crippen molar-refractivity contribution in [1.82, 2.24) is 5.32 Å². The van der Waals surface area contributed by atoms with E-state index in [2.05, 4.69) is 22.3 Å². The maximum atomic E-state index is 12.9. The van der Waals surface area contributed by atoms with Gasteiger partial charge in [-0.2, -0.15) is 0 Å². The summed E-state index contributed by atoms with van der Waals surface area (Å²) in [5.74, 6) is 2.75. The van der Waals surface area contributed by atoms with Crippen molar-refractivity contribution in [3.05, 3.63) is 29.8 Å². The quantitative estimate of drug-likeness (QED) is 0.887. The van der Waals surface area contributed by atoms with E-state index >= 15 is 0 Å². The second-order valence-corrected chi connectivity index (χ2v) is 9.25. The molecular formula is C22H30N2O. The predicted molar refractivity (Wildman–Crippen MR) is 101 cm³/mol. The third kappa shape index (κ3) is 2.96. The predicted octanol–water partition coefficient (Wildman–Crippen LogP) is 4.38. The summed E-state index contributed by atoms with van der Waals surface area (Å²) >= 11 is 0. The van der Waals surface area contributed by atoms with E-state index in [0.717, 1.165) is 36.4 Å². The van der Waals surface area contributed by atoms with Crippen molar-refractivity contribution < 1.29 is 4.79 Å². The van der Waals surface area contributed by atoms with Crippen molar-refractivity contribution in [1.29, 1.82) is 0 Å². The third-order valence-corrected chi connectivity index (χ3v) is 7.27. The fourth-order valence-electron chi connectivity index (χ4n) is 6.55. The summed E-state index contributed by atoms with van der Waals surface area (Å²) in [5, 5.41) is 3.49. The number of nitrogens with one attached hydrogen (secondary N) is 1. The second-order valence-electron chi connectivity index (χ2n) is 9.25. The van der Waals surface area contributed by atoms with Crippen LogP contribution in [0.3, 0.4) is 0 Å². The van der Waals surface area contributed by atoms with Crippen LogP contribution in [-0.4, -0.2) is 24.5 Å². The number of carbonyl (C=O) groups is 1. The average Bonchev–Trinajstić information content (AvgIpc) is 2.61. The number of anilines is 1. The molecule has 1 N–H and O–H groups in total. The minimum Gasteiger partial charge on any atom is -0.372 e. The molecule has 1 aromatic carbocycles. The van der Waals surface area contributed by atoms with Crippen LogP contribution >= 0.6 is 0 Å². The van der Waals surface area contributed by atoms with E-state index in [0.29, 0.717) is 0 Å². The summed E-state index contributed by atoms with van der Waals surface area (Å²) in [6.07, 6.45) is 11.8. The molecule has 0 aromatic heterocycles. The van der Waals surface area contributed by atoms with Gasteiger partial charge in [0.05, 0.1) is 0 Å². The first-order chi connectivity index (χ1) is 12.2. The van der Waals surface area contributed by atoms with Gasteiger partial charge < -0.3 is 10.2 Å². The SMILES string of the molecule is O=C(NC12CC3CC(CC(C3)C1)C2)c1ccc(N2CCCCC2)cc1. The van der Waals surface area contributed by atoms with Crippen molar-refractivity contribution in [2.75, 3.05) is 18.0 Å². The standard InChI is InChI=1S/C22H30N2O/c25-21(19-4-6-20(7-5-19)24-8-2-1-3-9-24)23-22-13-16-10-17(14-22)12-18(11-16)15-22/h4-7,16-18H,1-3,8-15H2,(H,23,25). The van der Waals surface area contributed by atoms with Gasteiger partial charge in [0, 0.05) is 29.9 Å². The van der Waals surface area contributed by atoms with Gasteiger partial charge in [0.25, 0.3) is 5.91 Å². The molecule has 25 heavy (non-hydrogen) atoms. The first-order valence-corrected chi connectivity index (χ1v) is 10.4. The molecule has 1 amide bonds. The molecule has 3 nitrogen and oxygen atoms in total. The van der Waals surface area contributed by atoms with Gasteiger partial charge in [-0.25, -0.2) is 0 Å². The lowest BCUT2D eigenvalue weighted by Crippen LogP contribution is -2.59. The van der Waals surface area contributed by atoms with Crippen molar-refractivity contribution >= 4 is 11.6 Å². The van der Waals surface area contributed by atoms with E-state index < -0.39 is 0 Å². The maximum Gasteiger partial charge on any atom is 0.251 e. The van der Waals surface area contributed by atoms with Gasteiger partial charge in [0.1, 0.15) is 0 Å². The van der Waals surface area contributed by atoms with Crippen LogP contribution in [0.4, 0.5) is 5.69 Å². The van der Waals surface area contributed by atoms with E-state index in [1.807, 2.05) is 12.1 Å². The smallest absolute Gasteiger partial charge is 0.251 e. The van der Waals surface area contributed by atoms with Gasteiger partial charge in [-0.05, 0) is 99.8 Å². The van der Waals surface area contributed by atoms with Crippen LogP contribution in [-0.2, 0) is 0 Å². The van der Waals surface area contributed by atoms with Crippen molar-refractivity contribution in [2.45, 2.75) is 63.3 Å². The van der Waals surface area contributed by atoms with Gasteiger partial charge >= 0.3 is 0 Å². The molecule has 4 bridgehead atoms. The van der Waals surface area contributed by atoms with Crippen molar-refractivity contribution in [3.63, 3.8) is 0 Å². The van der Waals surface area contributed by atoms with E-state index in [4.69, 9.17) is 0 Å². The Morgan fingerprint density at radius 1 is 0.880 bits per heavy atom. The van der Waals surface area contributed by atoms with Crippen LogP contribution in [0, 0.1) is 17.8 Å². The molecule has 1 saturated heterocycles. The summed E-state index contributed by atoms with van der Waals surface area (Å²) in [6.45, 7) is 2.30. The zero-order chi connectivity index (χ0) is 16.9. The van der Waals surface area contributed by atoms with Gasteiger partial charge in [-0.1, -0.05) is 0 Å². The molecule has 0 unspecified atom stereocenters. The fourth-order valence-corrected chi connectivity index (χ4v) is 6.55. The normalized spacial score (nSPS) is 36.5. The average molecular weight is 338 g/mol. The van der Waals surface area contributed by atoms with Gasteiger partial charge in [0.2, 0.25) is 0 Å². The number of hydrogen-bond acceptors (Lipinski definition) is 2. The molecule has 5 aliphatic rings. The molecular weight excluding hydrogens is 308 g/mol. The number of rotatable bonds is 3. The summed E-state index contributed by atoms with van der Waals surface area (Å²) in [5.41, 5.74) is 2.21. The fraction of sp³-hybridized carbons (Fsp3) is 0.682. The van der Waals surface area contributed by atoms with Crippen molar-refractivity contribution in [2.24, 2.45) is 17.8 Å². The Morgan fingerprint density at radius 3 is 2.00 bits per heavy atom. The Labute approximate surface area is 151 Å². The number of carbonyl (C=O) groups excluding carboxylic acids is 1. The topological polar surface area (TPSA) is 32.3 Å². The van der Waals surface area contributed by atoms with E-state index in [-0.39, 0.29) is 11.4 Å². The van der Waals surface area contributed by atoms with Crippen LogP contribution in [0.25, 0.3) is 0 Å². The summed E-state index contributed by atoms with van der Waals surface area (Å²) < 4.78 is 0. The molecule has 0 spiro atoms. The molecule has 1 aromatic rings. The summed E-state index contributed by atoms with van der Waals surface area (Å²) in [6, 6.07) is 8.33. The molecule has 1 aliphatic heterocycles. The highest BCUT2D eigenvalue weighted by Crippen LogP contribution is 2.55. The zero-order valence-corrected chi connectivity index (χ0v) is 15.2. The Kier molecular flexibility index (Phi) is 3.79. The number of hydrogen-bond donors (Lipinski definition) is 1. The number of amides is 1. The Morgan fingerprint density at radius 2 is 1.44 bits per heavy atom. The monoisotopic (exact) mass is 338 g/mol. The highest BCUT2D eigenvalue weighted by molar-refractivity contribution is 5.95. The molecule has 1 heterocycles. The molecule has 5 fully saturated rings. The largest absolute Gasteiger partial charge is 0.372 e. The van der Waals surface area contributed by atoms with Crippen LogP contribution in [0.2, 0.25) is 0 Å². The molecule has 4 saturated carbocycles. The van der Waals surface area contributed by atoms with E-state index in [1.54, 1.807) is 0 Å². The highest BCUT2D eigenvalue weighted by Gasteiger charge is 2.51. The van der Waals surface area contributed by atoms with E-state index in [1.165, 1.54) is 63.5 Å². The molecule has 6 rings (SSSR count). The Bertz CT molecular complexity index is 609. The van der Waals surface area contributed by atoms with Gasteiger partial charge in [-0.15, -0.1) is 0 Å². The van der Waals surface area contributed by atoms with Crippen LogP contribution in [0.1, 0.15) is 68.1 Å². The molecule has 4 aliphatic carbocycles.